The number of amides is 1. The molecule has 10 nitrogen and oxygen atoms in total. The number of nitriles is 1. The van der Waals surface area contributed by atoms with E-state index in [1.807, 2.05) is 41.3 Å². The van der Waals surface area contributed by atoms with E-state index in [0.29, 0.717) is 69.0 Å². The van der Waals surface area contributed by atoms with Gasteiger partial charge in [-0.15, -0.1) is 0 Å². The molecular weight excluding hydrogens is 470 g/mol. The number of aromatic nitrogens is 3. The second-order valence-corrected chi connectivity index (χ2v) is 8.98. The third-order valence-corrected chi connectivity index (χ3v) is 6.40. The quantitative estimate of drug-likeness (QED) is 0.405. The number of pyridine rings is 1. The summed E-state index contributed by atoms with van der Waals surface area (Å²) in [6.45, 7) is 5.07. The van der Waals surface area contributed by atoms with Crippen LogP contribution >= 0.6 is 0 Å². The molecule has 0 bridgehead atoms. The maximum Gasteiger partial charge on any atom is 0.269 e. The normalized spacial score (nSPS) is 14.2. The predicted octanol–water partition coefficient (Wildman–Crippen LogP) is 2.12. The molecule has 1 fully saturated rings. The van der Waals surface area contributed by atoms with Crippen LogP contribution in [0.3, 0.4) is 0 Å². The molecule has 3 aromatic rings. The van der Waals surface area contributed by atoms with Crippen LogP contribution in [0.1, 0.15) is 23.1 Å². The molecule has 1 saturated heterocycles. The first-order chi connectivity index (χ1) is 18.0. The number of H-pyrrole nitrogens is 1. The Hall–Kier alpha value is -4.23. The van der Waals surface area contributed by atoms with Gasteiger partial charge in [0.25, 0.3) is 5.56 Å². The molecule has 4 rings (SSSR count). The van der Waals surface area contributed by atoms with Gasteiger partial charge in [-0.05, 0) is 31.0 Å². The highest BCUT2D eigenvalue weighted by Crippen LogP contribution is 2.15. The topological polar surface area (TPSA) is 127 Å². The zero-order chi connectivity index (χ0) is 26.0. The largest absolute Gasteiger partial charge is 0.379 e. The average molecular weight is 502 g/mol. The summed E-state index contributed by atoms with van der Waals surface area (Å²) in [5, 5.41) is 18.7. The summed E-state index contributed by atoms with van der Waals surface area (Å²) in [5.41, 5.74) is 2.68. The minimum absolute atomic E-state index is 0.0645. The minimum atomic E-state index is -0.231. The van der Waals surface area contributed by atoms with Crippen molar-refractivity contribution in [1.82, 2.24) is 20.1 Å². The van der Waals surface area contributed by atoms with Crippen LogP contribution in [0.25, 0.3) is 0 Å². The van der Waals surface area contributed by atoms with Gasteiger partial charge in [-0.1, -0.05) is 30.3 Å². The number of nitrogens with zero attached hydrogens (tertiary/aromatic N) is 5. The van der Waals surface area contributed by atoms with Gasteiger partial charge in [0.1, 0.15) is 11.9 Å². The van der Waals surface area contributed by atoms with E-state index in [1.165, 1.54) is 0 Å². The lowest BCUT2D eigenvalue weighted by Gasteiger charge is -2.35. The van der Waals surface area contributed by atoms with E-state index in [1.54, 1.807) is 25.4 Å². The summed E-state index contributed by atoms with van der Waals surface area (Å²) < 4.78 is 5.92. The second-order valence-electron chi connectivity index (χ2n) is 8.98. The molecule has 37 heavy (non-hydrogen) atoms. The molecular formula is C27H31N7O3. The summed E-state index contributed by atoms with van der Waals surface area (Å²) in [7, 11) is 0. The third-order valence-electron chi connectivity index (χ3n) is 6.40. The summed E-state index contributed by atoms with van der Waals surface area (Å²) in [6, 6.07) is 15.6. The van der Waals surface area contributed by atoms with E-state index in [4.69, 9.17) is 10.00 Å². The van der Waals surface area contributed by atoms with Crippen LogP contribution < -0.4 is 15.8 Å². The Balaban J connectivity index is 1.25. The monoisotopic (exact) mass is 501 g/mol. The van der Waals surface area contributed by atoms with Gasteiger partial charge >= 0.3 is 0 Å². The Kier molecular flexibility index (Phi) is 8.84. The zero-order valence-corrected chi connectivity index (χ0v) is 20.9. The van der Waals surface area contributed by atoms with E-state index in [2.05, 4.69) is 31.5 Å². The molecule has 0 aliphatic carbocycles. The number of nitrogens with one attached hydrogen (secondary N) is 2. The van der Waals surface area contributed by atoms with E-state index in [-0.39, 0.29) is 17.5 Å². The second kappa shape index (κ2) is 12.6. The molecule has 1 aliphatic rings. The number of carbonyl (C=O) groups excluding carboxylic acids is 1. The number of hydrogen-bond acceptors (Lipinski definition) is 8. The molecule has 10 heteroatoms. The summed E-state index contributed by atoms with van der Waals surface area (Å²) >= 11 is 0. The van der Waals surface area contributed by atoms with Crippen LogP contribution in [0.4, 0.5) is 11.5 Å². The fourth-order valence-corrected chi connectivity index (χ4v) is 4.24. The van der Waals surface area contributed by atoms with E-state index in [0.717, 1.165) is 11.4 Å². The highest BCUT2D eigenvalue weighted by atomic mass is 16.5. The SMILES string of the molecule is Cc1c(N[C@H](COCCC(=O)N2CCN(c3ccc(C#N)cn3)CC2)Cc2ccccc2)cn[nH]c1=O. The fraction of sp³-hybridized carbons (Fsp3) is 0.370. The number of carbonyl (C=O) groups is 1. The van der Waals surface area contributed by atoms with Crippen LogP contribution in [-0.4, -0.2) is 71.4 Å². The number of rotatable bonds is 10. The first-order valence-corrected chi connectivity index (χ1v) is 12.3. The van der Waals surface area contributed by atoms with Crippen LogP contribution in [-0.2, 0) is 16.0 Å². The van der Waals surface area contributed by atoms with Crippen LogP contribution in [0.5, 0.6) is 0 Å². The molecule has 2 N–H and O–H groups in total. The van der Waals surface area contributed by atoms with Gasteiger partial charge in [-0.3, -0.25) is 9.59 Å². The molecule has 1 aromatic carbocycles. The number of aromatic amines is 1. The van der Waals surface area contributed by atoms with Crippen molar-refractivity contribution in [3.63, 3.8) is 0 Å². The molecule has 0 radical (unpaired) electrons. The van der Waals surface area contributed by atoms with Crippen molar-refractivity contribution in [3.05, 3.63) is 81.9 Å². The number of ether oxygens (including phenoxy) is 1. The van der Waals surface area contributed by atoms with Gasteiger partial charge in [-0.25, -0.2) is 10.1 Å². The maximum absolute atomic E-state index is 12.7. The maximum atomic E-state index is 12.7. The Morgan fingerprint density at radius 2 is 1.95 bits per heavy atom. The molecule has 2 aromatic heterocycles. The fourth-order valence-electron chi connectivity index (χ4n) is 4.24. The van der Waals surface area contributed by atoms with Gasteiger partial charge in [-0.2, -0.15) is 10.4 Å². The van der Waals surface area contributed by atoms with Gasteiger partial charge < -0.3 is 19.9 Å². The van der Waals surface area contributed by atoms with Crippen molar-refractivity contribution in [1.29, 1.82) is 5.26 Å². The van der Waals surface area contributed by atoms with Crippen molar-refractivity contribution in [2.75, 3.05) is 49.6 Å². The molecule has 0 saturated carbocycles. The number of piperazine rings is 1. The number of benzene rings is 1. The summed E-state index contributed by atoms with van der Waals surface area (Å²) in [4.78, 5) is 33.0. The zero-order valence-electron chi connectivity index (χ0n) is 20.9. The molecule has 0 spiro atoms. The van der Waals surface area contributed by atoms with Crippen molar-refractivity contribution < 1.29 is 9.53 Å². The Labute approximate surface area is 215 Å². The molecule has 1 amide bonds. The van der Waals surface area contributed by atoms with Crippen LogP contribution in [0, 0.1) is 18.3 Å². The smallest absolute Gasteiger partial charge is 0.269 e. The van der Waals surface area contributed by atoms with Crippen LogP contribution in [0.2, 0.25) is 0 Å². The summed E-state index contributed by atoms with van der Waals surface area (Å²) in [6.07, 6.45) is 4.17. The van der Waals surface area contributed by atoms with Gasteiger partial charge in [0.2, 0.25) is 5.91 Å². The lowest BCUT2D eigenvalue weighted by molar-refractivity contribution is -0.132. The van der Waals surface area contributed by atoms with Crippen molar-refractivity contribution in [2.45, 2.75) is 25.8 Å². The van der Waals surface area contributed by atoms with E-state index >= 15 is 0 Å². The Morgan fingerprint density at radius 3 is 2.65 bits per heavy atom. The Bertz CT molecular complexity index is 1260. The molecule has 192 valence electrons. The lowest BCUT2D eigenvalue weighted by atomic mass is 10.1. The molecule has 0 unspecified atom stereocenters. The minimum Gasteiger partial charge on any atom is -0.379 e. The lowest BCUT2D eigenvalue weighted by Crippen LogP contribution is -2.49. The van der Waals surface area contributed by atoms with Crippen molar-refractivity contribution >= 4 is 17.4 Å². The van der Waals surface area contributed by atoms with Gasteiger partial charge in [0, 0.05) is 37.9 Å². The standard InChI is InChI=1S/C27H31N7O3/c1-20-24(18-30-32-27(20)36)31-23(15-21-5-3-2-4-6-21)19-37-14-9-26(35)34-12-10-33(11-13-34)25-8-7-22(16-28)17-29-25/h2-8,17-18,23H,9-15,19H2,1H3,(H2,31,32,36)/t23-/m0/s1. The number of hydrogen-bond donors (Lipinski definition) is 2. The first kappa shape index (κ1) is 25.9. The Morgan fingerprint density at radius 1 is 1.16 bits per heavy atom. The first-order valence-electron chi connectivity index (χ1n) is 12.3. The summed E-state index contributed by atoms with van der Waals surface area (Å²) in [5.74, 6) is 0.881. The molecule has 1 aliphatic heterocycles. The molecule has 1 atom stereocenters. The van der Waals surface area contributed by atoms with Crippen LogP contribution in [0.15, 0.2) is 59.7 Å². The van der Waals surface area contributed by atoms with Gasteiger partial charge in [0.15, 0.2) is 0 Å². The predicted molar refractivity (Wildman–Crippen MR) is 140 cm³/mol. The highest BCUT2D eigenvalue weighted by Gasteiger charge is 2.22. The molecule has 3 heterocycles. The average Bonchev–Trinajstić information content (AvgIpc) is 2.94. The highest BCUT2D eigenvalue weighted by molar-refractivity contribution is 5.76. The van der Waals surface area contributed by atoms with Gasteiger partial charge in [0.05, 0.1) is 43.1 Å². The third kappa shape index (κ3) is 7.15. The van der Waals surface area contributed by atoms with E-state index in [9.17, 15) is 9.59 Å². The van der Waals surface area contributed by atoms with E-state index < -0.39 is 0 Å². The van der Waals surface area contributed by atoms with Crippen molar-refractivity contribution in [2.24, 2.45) is 0 Å². The number of anilines is 2. The van der Waals surface area contributed by atoms with Crippen molar-refractivity contribution in [3.8, 4) is 6.07 Å².